The minimum Gasteiger partial charge on any atom is -0.353 e. The summed E-state index contributed by atoms with van der Waals surface area (Å²) < 4.78 is 2.26. The van der Waals surface area contributed by atoms with Crippen LogP contribution < -0.4 is 5.32 Å². The van der Waals surface area contributed by atoms with Gasteiger partial charge in [0.25, 0.3) is 0 Å². The zero-order chi connectivity index (χ0) is 13.0. The van der Waals surface area contributed by atoms with E-state index in [1.165, 1.54) is 32.1 Å². The van der Waals surface area contributed by atoms with Crippen LogP contribution in [0.5, 0.6) is 0 Å². The van der Waals surface area contributed by atoms with Crippen molar-refractivity contribution in [3.63, 3.8) is 0 Å². The molecule has 1 heterocycles. The molecule has 18 heavy (non-hydrogen) atoms. The number of rotatable bonds is 5. The topological polar surface area (TPSA) is 29.9 Å². The molecule has 1 saturated carbocycles. The van der Waals surface area contributed by atoms with E-state index in [-0.39, 0.29) is 0 Å². The van der Waals surface area contributed by atoms with E-state index in [2.05, 4.69) is 41.8 Å². The molecule has 1 aliphatic carbocycles. The van der Waals surface area contributed by atoms with E-state index in [0.717, 1.165) is 24.3 Å². The molecule has 3 unspecified atom stereocenters. The number of imidazole rings is 1. The van der Waals surface area contributed by atoms with Crippen LogP contribution in [-0.2, 0) is 6.54 Å². The quantitative estimate of drug-likeness (QED) is 0.857. The molecule has 0 aliphatic heterocycles. The summed E-state index contributed by atoms with van der Waals surface area (Å²) in [6, 6.07) is 0.610. The summed E-state index contributed by atoms with van der Waals surface area (Å²) >= 11 is 0. The van der Waals surface area contributed by atoms with Crippen LogP contribution in [0.25, 0.3) is 0 Å². The van der Waals surface area contributed by atoms with E-state index in [4.69, 9.17) is 0 Å². The molecule has 0 aromatic carbocycles. The van der Waals surface area contributed by atoms with Crippen LogP contribution in [-0.4, -0.2) is 15.6 Å². The Labute approximate surface area is 111 Å². The average molecular weight is 249 g/mol. The third kappa shape index (κ3) is 3.27. The smallest absolute Gasteiger partial charge is 0.202 e. The first-order chi connectivity index (χ1) is 8.70. The molecule has 0 spiro atoms. The molecule has 0 radical (unpaired) electrons. The first-order valence-corrected chi connectivity index (χ1v) is 7.48. The minimum atomic E-state index is 0.610. The largest absolute Gasteiger partial charge is 0.353 e. The lowest BCUT2D eigenvalue weighted by Gasteiger charge is -2.32. The van der Waals surface area contributed by atoms with Gasteiger partial charge in [-0.3, -0.25) is 0 Å². The van der Waals surface area contributed by atoms with E-state index < -0.39 is 0 Å². The molecule has 1 aliphatic rings. The Bertz CT molecular complexity index is 358. The van der Waals surface area contributed by atoms with E-state index >= 15 is 0 Å². The predicted octanol–water partition coefficient (Wildman–Crippen LogP) is 3.92. The number of hydrogen-bond donors (Lipinski definition) is 1. The Kier molecular flexibility index (Phi) is 4.67. The fraction of sp³-hybridized carbons (Fsp3) is 0.800. The van der Waals surface area contributed by atoms with Crippen LogP contribution in [0.1, 0.15) is 52.9 Å². The van der Waals surface area contributed by atoms with Crippen molar-refractivity contribution in [2.45, 2.75) is 65.5 Å². The molecule has 1 aromatic heterocycles. The highest BCUT2D eigenvalue weighted by molar-refractivity contribution is 5.27. The van der Waals surface area contributed by atoms with Gasteiger partial charge in [-0.25, -0.2) is 4.98 Å². The van der Waals surface area contributed by atoms with E-state index in [0.29, 0.717) is 6.04 Å². The van der Waals surface area contributed by atoms with Gasteiger partial charge in [-0.2, -0.15) is 0 Å². The normalized spacial score (nSPS) is 28.3. The standard InChI is InChI=1S/C15H27N3/c1-4-5-9-18-10-8-16-15(18)17-14-7-6-12(2)13(3)11-14/h8,10,12-14H,4-7,9,11H2,1-3H3,(H,16,17). The summed E-state index contributed by atoms with van der Waals surface area (Å²) in [6.45, 7) is 8.07. The fourth-order valence-corrected chi connectivity index (χ4v) is 2.82. The molecule has 0 saturated heterocycles. The van der Waals surface area contributed by atoms with Gasteiger partial charge < -0.3 is 9.88 Å². The number of aromatic nitrogens is 2. The molecule has 2 rings (SSSR count). The van der Waals surface area contributed by atoms with E-state index in [1.807, 2.05) is 6.20 Å². The van der Waals surface area contributed by atoms with Gasteiger partial charge in [-0.1, -0.05) is 27.2 Å². The molecule has 3 heteroatoms. The van der Waals surface area contributed by atoms with Crippen molar-refractivity contribution in [3.05, 3.63) is 12.4 Å². The predicted molar refractivity (Wildman–Crippen MR) is 76.7 cm³/mol. The van der Waals surface area contributed by atoms with Crippen molar-refractivity contribution in [2.75, 3.05) is 5.32 Å². The third-order valence-corrected chi connectivity index (χ3v) is 4.40. The molecule has 102 valence electrons. The number of anilines is 1. The summed E-state index contributed by atoms with van der Waals surface area (Å²) in [6.07, 6.45) is 10.4. The maximum absolute atomic E-state index is 4.46. The van der Waals surface area contributed by atoms with Crippen LogP contribution in [0.3, 0.4) is 0 Å². The fourth-order valence-electron chi connectivity index (χ4n) is 2.82. The van der Waals surface area contributed by atoms with Gasteiger partial charge in [0.1, 0.15) is 0 Å². The summed E-state index contributed by atoms with van der Waals surface area (Å²) in [5, 5.41) is 3.64. The average Bonchev–Trinajstić information content (AvgIpc) is 2.79. The first kappa shape index (κ1) is 13.4. The van der Waals surface area contributed by atoms with Crippen LogP contribution in [0.15, 0.2) is 12.4 Å². The van der Waals surface area contributed by atoms with Gasteiger partial charge in [-0.15, -0.1) is 0 Å². The molecule has 3 atom stereocenters. The number of nitrogens with zero attached hydrogens (tertiary/aromatic N) is 2. The molecule has 0 amide bonds. The molecule has 3 nitrogen and oxygen atoms in total. The summed E-state index contributed by atoms with van der Waals surface area (Å²) in [7, 11) is 0. The monoisotopic (exact) mass is 249 g/mol. The minimum absolute atomic E-state index is 0.610. The molecule has 1 fully saturated rings. The highest BCUT2D eigenvalue weighted by Gasteiger charge is 2.25. The number of nitrogens with one attached hydrogen (secondary N) is 1. The number of hydrogen-bond acceptors (Lipinski definition) is 2. The third-order valence-electron chi connectivity index (χ3n) is 4.40. The van der Waals surface area contributed by atoms with Crippen molar-refractivity contribution in [1.29, 1.82) is 0 Å². The molecule has 0 bridgehead atoms. The van der Waals surface area contributed by atoms with Crippen LogP contribution >= 0.6 is 0 Å². The molecular formula is C15H27N3. The highest BCUT2D eigenvalue weighted by Crippen LogP contribution is 2.30. The molecule has 1 aromatic rings. The number of aryl methyl sites for hydroxylation is 1. The van der Waals surface area contributed by atoms with E-state index in [9.17, 15) is 0 Å². The van der Waals surface area contributed by atoms with Gasteiger partial charge >= 0.3 is 0 Å². The molecular weight excluding hydrogens is 222 g/mol. The van der Waals surface area contributed by atoms with Crippen molar-refractivity contribution >= 4 is 5.95 Å². The van der Waals surface area contributed by atoms with Gasteiger partial charge in [0.05, 0.1) is 0 Å². The summed E-state index contributed by atoms with van der Waals surface area (Å²) in [5.41, 5.74) is 0. The van der Waals surface area contributed by atoms with Crippen molar-refractivity contribution in [3.8, 4) is 0 Å². The van der Waals surface area contributed by atoms with Crippen molar-refractivity contribution in [2.24, 2.45) is 11.8 Å². The second kappa shape index (κ2) is 6.26. The zero-order valence-corrected chi connectivity index (χ0v) is 12.0. The maximum Gasteiger partial charge on any atom is 0.202 e. The zero-order valence-electron chi connectivity index (χ0n) is 12.0. The Morgan fingerprint density at radius 1 is 1.33 bits per heavy atom. The SMILES string of the molecule is CCCCn1ccnc1NC1CCC(C)C(C)C1. The summed E-state index contributed by atoms with van der Waals surface area (Å²) in [4.78, 5) is 4.46. The second-order valence-electron chi connectivity index (χ2n) is 5.91. The van der Waals surface area contributed by atoms with Gasteiger partial charge in [0.2, 0.25) is 5.95 Å². The maximum atomic E-state index is 4.46. The van der Waals surface area contributed by atoms with Crippen molar-refractivity contribution < 1.29 is 0 Å². The molecule has 1 N–H and O–H groups in total. The van der Waals surface area contributed by atoms with Crippen LogP contribution in [0.2, 0.25) is 0 Å². The lowest BCUT2D eigenvalue weighted by Crippen LogP contribution is -2.31. The highest BCUT2D eigenvalue weighted by atomic mass is 15.2. The Hall–Kier alpha value is -0.990. The van der Waals surface area contributed by atoms with Crippen molar-refractivity contribution in [1.82, 2.24) is 9.55 Å². The summed E-state index contributed by atoms with van der Waals surface area (Å²) in [5.74, 6) is 2.77. The van der Waals surface area contributed by atoms with E-state index in [1.54, 1.807) is 0 Å². The van der Waals surface area contributed by atoms with Gasteiger partial charge in [0.15, 0.2) is 0 Å². The Morgan fingerprint density at radius 2 is 2.17 bits per heavy atom. The lowest BCUT2D eigenvalue weighted by molar-refractivity contribution is 0.260. The Balaban J connectivity index is 1.91. The first-order valence-electron chi connectivity index (χ1n) is 7.48. The second-order valence-corrected chi connectivity index (χ2v) is 5.91. The number of unbranched alkanes of at least 4 members (excludes halogenated alkanes) is 1. The van der Waals surface area contributed by atoms with Crippen LogP contribution in [0, 0.1) is 11.8 Å². The lowest BCUT2D eigenvalue weighted by atomic mass is 9.79. The van der Waals surface area contributed by atoms with Gasteiger partial charge in [-0.05, 0) is 37.5 Å². The Morgan fingerprint density at radius 3 is 2.89 bits per heavy atom. The van der Waals surface area contributed by atoms with Crippen LogP contribution in [0.4, 0.5) is 5.95 Å². The van der Waals surface area contributed by atoms with Gasteiger partial charge in [0, 0.05) is 25.0 Å².